The summed E-state index contributed by atoms with van der Waals surface area (Å²) in [7, 11) is 1.65. The summed E-state index contributed by atoms with van der Waals surface area (Å²) in [5.74, 6) is 0.433. The minimum atomic E-state index is -0.475. The topological polar surface area (TPSA) is 102 Å². The number of carbonyl (C=O) groups excluding carboxylic acids is 1. The summed E-state index contributed by atoms with van der Waals surface area (Å²) in [5, 5.41) is 6.65. The fraction of sp³-hybridized carbons (Fsp3) is 0.250. The first-order valence-electron chi connectivity index (χ1n) is 11.7. The molecule has 2 aromatic heterocycles. The van der Waals surface area contributed by atoms with Gasteiger partial charge >= 0.3 is 6.03 Å². The Labute approximate surface area is 205 Å². The van der Waals surface area contributed by atoms with Gasteiger partial charge in [-0.3, -0.25) is 9.36 Å². The molecule has 2 heterocycles. The number of hydrogen-bond acceptors (Lipinski definition) is 4. The lowest BCUT2D eigenvalue weighted by molar-refractivity contribution is 0.262. The number of nitrogens with two attached hydrogens (primary N) is 1. The predicted molar refractivity (Wildman–Crippen MR) is 144 cm³/mol. The number of para-hydroxylation sites is 1. The fourth-order valence-corrected chi connectivity index (χ4v) is 4.38. The summed E-state index contributed by atoms with van der Waals surface area (Å²) in [6.07, 6.45) is 1.64. The molecule has 0 fully saturated rings. The smallest absolute Gasteiger partial charge is 0.323 e. The van der Waals surface area contributed by atoms with Gasteiger partial charge in [0, 0.05) is 35.6 Å². The molecule has 0 saturated carbocycles. The van der Waals surface area contributed by atoms with Crippen LogP contribution in [0.1, 0.15) is 50.7 Å². The first-order valence-corrected chi connectivity index (χ1v) is 11.7. The Morgan fingerprint density at radius 3 is 2.09 bits per heavy atom. The Morgan fingerprint density at radius 1 is 0.886 bits per heavy atom. The summed E-state index contributed by atoms with van der Waals surface area (Å²) in [4.78, 5) is 31.2. The molecule has 35 heavy (non-hydrogen) atoms. The second-order valence-electron chi connectivity index (χ2n) is 9.31. The van der Waals surface area contributed by atoms with E-state index in [1.807, 2.05) is 42.5 Å². The number of nitrogens with zero attached hydrogens (tertiary/aromatic N) is 2. The molecular weight excluding hydrogens is 438 g/mol. The molecule has 0 atom stereocenters. The van der Waals surface area contributed by atoms with Crippen LogP contribution >= 0.6 is 0 Å². The molecular formula is C28H31N5O2. The van der Waals surface area contributed by atoms with Crippen LogP contribution < -0.4 is 21.9 Å². The van der Waals surface area contributed by atoms with Crippen LogP contribution in [0.3, 0.4) is 0 Å². The highest BCUT2D eigenvalue weighted by Gasteiger charge is 2.21. The molecule has 0 radical (unpaired) electrons. The normalized spacial score (nSPS) is 11.3. The summed E-state index contributed by atoms with van der Waals surface area (Å²) in [6.45, 7) is 8.36. The van der Waals surface area contributed by atoms with E-state index in [1.54, 1.807) is 25.4 Å². The highest BCUT2D eigenvalue weighted by molar-refractivity contribution is 6.07. The average molecular weight is 470 g/mol. The quantitative estimate of drug-likeness (QED) is 0.309. The maximum Gasteiger partial charge on any atom is 0.323 e. The lowest BCUT2D eigenvalue weighted by Gasteiger charge is -2.21. The fourth-order valence-electron chi connectivity index (χ4n) is 4.38. The van der Waals surface area contributed by atoms with Crippen molar-refractivity contribution >= 4 is 34.1 Å². The third-order valence-electron chi connectivity index (χ3n) is 6.19. The van der Waals surface area contributed by atoms with Crippen molar-refractivity contribution < 1.29 is 4.79 Å². The average Bonchev–Trinajstić information content (AvgIpc) is 2.83. The first kappa shape index (κ1) is 24.0. The highest BCUT2D eigenvalue weighted by atomic mass is 16.2. The molecule has 0 aliphatic carbocycles. The number of benzene rings is 2. The van der Waals surface area contributed by atoms with Crippen LogP contribution in [0.15, 0.2) is 65.6 Å². The minimum absolute atomic E-state index is 0.184. The number of amides is 2. The third-order valence-corrected chi connectivity index (χ3v) is 6.19. The summed E-state index contributed by atoms with van der Waals surface area (Å²) in [5.41, 5.74) is 11.1. The largest absolute Gasteiger partial charge is 0.399 e. The number of pyridine rings is 2. The summed E-state index contributed by atoms with van der Waals surface area (Å²) in [6, 6.07) is 16.5. The van der Waals surface area contributed by atoms with Crippen molar-refractivity contribution in [2.75, 3.05) is 16.4 Å². The number of hydrogen-bond donors (Lipinski definition) is 3. The third kappa shape index (κ3) is 4.62. The van der Waals surface area contributed by atoms with Gasteiger partial charge in [0.05, 0.1) is 0 Å². The van der Waals surface area contributed by atoms with Crippen molar-refractivity contribution in [3.63, 3.8) is 0 Å². The molecule has 0 bridgehead atoms. The Bertz CT molecular complexity index is 1430. The lowest BCUT2D eigenvalue weighted by atomic mass is 9.93. The van der Waals surface area contributed by atoms with Gasteiger partial charge in [-0.25, -0.2) is 9.78 Å². The Morgan fingerprint density at radius 2 is 1.49 bits per heavy atom. The first-order chi connectivity index (χ1) is 16.7. The monoisotopic (exact) mass is 469 g/mol. The minimum Gasteiger partial charge on any atom is -0.399 e. The van der Waals surface area contributed by atoms with E-state index in [9.17, 15) is 9.59 Å². The number of aromatic nitrogens is 2. The van der Waals surface area contributed by atoms with Gasteiger partial charge in [0.25, 0.3) is 5.56 Å². The van der Waals surface area contributed by atoms with Gasteiger partial charge < -0.3 is 16.4 Å². The lowest BCUT2D eigenvalue weighted by Crippen LogP contribution is -2.29. The van der Waals surface area contributed by atoms with Crippen molar-refractivity contribution in [2.24, 2.45) is 7.05 Å². The number of nitrogen functional groups attached to an aromatic ring is 1. The zero-order valence-corrected chi connectivity index (χ0v) is 20.7. The van der Waals surface area contributed by atoms with Crippen LogP contribution in [0.5, 0.6) is 0 Å². The van der Waals surface area contributed by atoms with Crippen molar-refractivity contribution in [3.8, 4) is 11.1 Å². The van der Waals surface area contributed by atoms with Crippen LogP contribution in [0.4, 0.5) is 21.9 Å². The second-order valence-corrected chi connectivity index (χ2v) is 9.31. The Kier molecular flexibility index (Phi) is 6.60. The number of rotatable bonds is 5. The molecule has 7 heteroatoms. The van der Waals surface area contributed by atoms with E-state index in [4.69, 9.17) is 5.73 Å². The molecule has 7 nitrogen and oxygen atoms in total. The van der Waals surface area contributed by atoms with E-state index < -0.39 is 6.03 Å². The van der Waals surface area contributed by atoms with Crippen molar-refractivity contribution in [1.82, 2.24) is 9.55 Å². The van der Waals surface area contributed by atoms with Gasteiger partial charge in [-0.1, -0.05) is 58.0 Å². The van der Waals surface area contributed by atoms with Crippen LogP contribution in [0.2, 0.25) is 0 Å². The number of anilines is 3. The van der Waals surface area contributed by atoms with Crippen LogP contribution in [0, 0.1) is 0 Å². The van der Waals surface area contributed by atoms with Gasteiger partial charge in [-0.2, -0.15) is 0 Å². The molecule has 4 aromatic rings. The molecule has 2 amide bonds. The Hall–Kier alpha value is -4.13. The summed E-state index contributed by atoms with van der Waals surface area (Å²) < 4.78 is 1.45. The van der Waals surface area contributed by atoms with Crippen molar-refractivity contribution in [1.29, 1.82) is 0 Å². The number of aryl methyl sites for hydroxylation is 1. The molecule has 2 aromatic carbocycles. The Balaban J connectivity index is 1.84. The zero-order chi connectivity index (χ0) is 25.3. The molecule has 0 aliphatic rings. The number of urea groups is 1. The number of fused-ring (bicyclic) bond motifs is 1. The maximum absolute atomic E-state index is 13.4. The maximum atomic E-state index is 13.4. The molecule has 0 spiro atoms. The van der Waals surface area contributed by atoms with E-state index >= 15 is 0 Å². The van der Waals surface area contributed by atoms with E-state index in [1.165, 1.54) is 4.57 Å². The molecule has 0 aliphatic heterocycles. The van der Waals surface area contributed by atoms with Gasteiger partial charge in [-0.05, 0) is 52.8 Å². The summed E-state index contributed by atoms with van der Waals surface area (Å²) >= 11 is 0. The predicted octanol–water partition coefficient (Wildman–Crippen LogP) is 6.07. The van der Waals surface area contributed by atoms with Crippen LogP contribution in [-0.4, -0.2) is 15.6 Å². The van der Waals surface area contributed by atoms with Crippen LogP contribution in [-0.2, 0) is 7.05 Å². The van der Waals surface area contributed by atoms with E-state index in [2.05, 4.69) is 43.3 Å². The molecule has 0 saturated heterocycles. The zero-order valence-electron chi connectivity index (χ0n) is 20.7. The number of carbonyl (C=O) groups is 1. The van der Waals surface area contributed by atoms with Gasteiger partial charge in [0.2, 0.25) is 0 Å². The standard InChI is InChI=1S/C28H31N5O2/c1-16(2)20-8-6-9-21(17(3)4)24(20)31-28(35)32-25-23(18-11-13-19(29)14-12-18)22-10-7-15-30-26(22)33(5)27(25)34/h6-17H,29H2,1-5H3,(H2,31,32,35). The molecule has 4 rings (SSSR count). The van der Waals surface area contributed by atoms with Crippen molar-refractivity contribution in [3.05, 3.63) is 82.3 Å². The van der Waals surface area contributed by atoms with E-state index in [0.717, 1.165) is 27.8 Å². The van der Waals surface area contributed by atoms with Gasteiger partial charge in [-0.15, -0.1) is 0 Å². The molecule has 4 N–H and O–H groups in total. The van der Waals surface area contributed by atoms with Gasteiger partial charge in [0.1, 0.15) is 11.3 Å². The van der Waals surface area contributed by atoms with E-state index in [0.29, 0.717) is 16.9 Å². The number of nitrogens with one attached hydrogen (secondary N) is 2. The van der Waals surface area contributed by atoms with Crippen molar-refractivity contribution in [2.45, 2.75) is 39.5 Å². The second kappa shape index (κ2) is 9.62. The molecule has 0 unspecified atom stereocenters. The van der Waals surface area contributed by atoms with Crippen LogP contribution in [0.25, 0.3) is 22.2 Å². The SMILES string of the molecule is CC(C)c1cccc(C(C)C)c1NC(=O)Nc1c(-c2ccc(N)cc2)c2cccnc2n(C)c1=O. The van der Waals surface area contributed by atoms with Gasteiger partial charge in [0.15, 0.2) is 0 Å². The van der Waals surface area contributed by atoms with E-state index in [-0.39, 0.29) is 23.1 Å². The molecule has 180 valence electrons. The highest BCUT2D eigenvalue weighted by Crippen LogP contribution is 2.35.